The third kappa shape index (κ3) is 2.34. The van der Waals surface area contributed by atoms with Crippen molar-refractivity contribution in [2.45, 2.75) is 12.5 Å². The molecule has 1 N–H and O–H groups in total. The van der Waals surface area contributed by atoms with E-state index >= 15 is 0 Å². The highest BCUT2D eigenvalue weighted by Crippen LogP contribution is 2.35. The Balaban J connectivity index is 1.84. The molecule has 0 amide bonds. The van der Waals surface area contributed by atoms with Crippen LogP contribution in [0.4, 0.5) is 0 Å². The first kappa shape index (κ1) is 12.9. The Kier molecular flexibility index (Phi) is 3.56. The van der Waals surface area contributed by atoms with Gasteiger partial charge in [0.2, 0.25) is 0 Å². The van der Waals surface area contributed by atoms with Gasteiger partial charge in [-0.15, -0.1) is 0 Å². The van der Waals surface area contributed by atoms with Crippen LogP contribution in [0.3, 0.4) is 0 Å². The molecule has 104 valence electrons. The molecule has 1 aliphatic heterocycles. The minimum atomic E-state index is -0.695. The molecular weight excluding hydrogens is 254 g/mol. The third-order valence-electron chi connectivity index (χ3n) is 3.65. The maximum Gasteiger partial charge on any atom is 0.143 e. The van der Waals surface area contributed by atoms with E-state index in [0.29, 0.717) is 18.1 Å². The highest BCUT2D eigenvalue weighted by atomic mass is 16.5. The van der Waals surface area contributed by atoms with Crippen molar-refractivity contribution < 1.29 is 14.6 Å². The van der Waals surface area contributed by atoms with Crippen molar-refractivity contribution >= 4 is 0 Å². The van der Waals surface area contributed by atoms with Crippen molar-refractivity contribution in [3.63, 3.8) is 0 Å². The molecule has 0 spiro atoms. The second-order valence-corrected chi connectivity index (χ2v) is 4.92. The lowest BCUT2D eigenvalue weighted by Crippen LogP contribution is -2.27. The lowest BCUT2D eigenvalue weighted by molar-refractivity contribution is 0.0594. The van der Waals surface area contributed by atoms with Gasteiger partial charge >= 0.3 is 0 Å². The van der Waals surface area contributed by atoms with E-state index in [1.807, 2.05) is 30.3 Å². The molecule has 2 aromatic rings. The highest BCUT2D eigenvalue weighted by Gasteiger charge is 2.29. The van der Waals surface area contributed by atoms with Crippen LogP contribution in [0, 0.1) is 5.92 Å². The summed E-state index contributed by atoms with van der Waals surface area (Å²) in [6.45, 7) is 0.484. The number of pyridine rings is 1. The summed E-state index contributed by atoms with van der Waals surface area (Å²) in [6.07, 6.45) is 1.75. The number of hydrogen-bond acceptors (Lipinski definition) is 4. The van der Waals surface area contributed by atoms with E-state index in [1.165, 1.54) is 0 Å². The van der Waals surface area contributed by atoms with Crippen molar-refractivity contribution in [1.82, 2.24) is 4.98 Å². The number of benzene rings is 1. The van der Waals surface area contributed by atoms with Gasteiger partial charge in [-0.05, 0) is 30.2 Å². The van der Waals surface area contributed by atoms with Crippen LogP contribution in [0.2, 0.25) is 0 Å². The molecule has 1 aromatic heterocycles. The molecule has 0 fully saturated rings. The van der Waals surface area contributed by atoms with E-state index in [-0.39, 0.29) is 5.92 Å². The number of fused-ring (bicyclic) bond motifs is 1. The quantitative estimate of drug-likeness (QED) is 0.931. The van der Waals surface area contributed by atoms with Crippen LogP contribution < -0.4 is 9.47 Å². The number of ether oxygens (including phenoxy) is 2. The summed E-state index contributed by atoms with van der Waals surface area (Å²) in [4.78, 5) is 4.25. The van der Waals surface area contributed by atoms with Gasteiger partial charge in [-0.1, -0.05) is 18.2 Å². The van der Waals surface area contributed by atoms with Crippen molar-refractivity contribution in [2.24, 2.45) is 5.92 Å². The number of aliphatic hydroxyl groups is 1. The van der Waals surface area contributed by atoms with Gasteiger partial charge in [0.25, 0.3) is 0 Å². The molecule has 1 aliphatic rings. The SMILES string of the molecule is COc1cccnc1C(O)C1COc2ccccc2C1. The smallest absolute Gasteiger partial charge is 0.143 e. The molecule has 1 aromatic carbocycles. The lowest BCUT2D eigenvalue weighted by Gasteiger charge is -2.29. The topological polar surface area (TPSA) is 51.6 Å². The van der Waals surface area contributed by atoms with Gasteiger partial charge in [0.05, 0.1) is 13.7 Å². The Labute approximate surface area is 118 Å². The first-order valence-corrected chi connectivity index (χ1v) is 6.67. The number of aliphatic hydroxyl groups excluding tert-OH is 1. The molecule has 4 heteroatoms. The molecule has 2 atom stereocenters. The number of rotatable bonds is 3. The van der Waals surface area contributed by atoms with E-state index in [1.54, 1.807) is 19.4 Å². The predicted octanol–water partition coefficient (Wildman–Crippen LogP) is 2.37. The lowest BCUT2D eigenvalue weighted by atomic mass is 9.90. The first-order chi connectivity index (χ1) is 9.79. The van der Waals surface area contributed by atoms with Crippen molar-refractivity contribution in [2.75, 3.05) is 13.7 Å². The number of hydrogen-bond donors (Lipinski definition) is 1. The van der Waals surface area contributed by atoms with Crippen LogP contribution in [0.1, 0.15) is 17.4 Å². The Morgan fingerprint density at radius 2 is 2.15 bits per heavy atom. The molecule has 0 saturated carbocycles. The number of nitrogens with zero attached hydrogens (tertiary/aromatic N) is 1. The molecule has 2 unspecified atom stereocenters. The molecule has 0 aliphatic carbocycles. The van der Waals surface area contributed by atoms with E-state index in [2.05, 4.69) is 4.98 Å². The summed E-state index contributed by atoms with van der Waals surface area (Å²) in [5.41, 5.74) is 1.70. The second kappa shape index (κ2) is 5.51. The summed E-state index contributed by atoms with van der Waals surface area (Å²) in [5, 5.41) is 10.6. The van der Waals surface area contributed by atoms with Crippen LogP contribution in [0.5, 0.6) is 11.5 Å². The van der Waals surface area contributed by atoms with E-state index in [0.717, 1.165) is 17.7 Å². The molecule has 20 heavy (non-hydrogen) atoms. The standard InChI is InChI=1S/C16H17NO3/c1-19-14-7-4-8-17-15(14)16(18)12-9-11-5-2-3-6-13(11)20-10-12/h2-8,12,16,18H,9-10H2,1H3. The highest BCUT2D eigenvalue weighted by molar-refractivity contribution is 5.36. The predicted molar refractivity (Wildman–Crippen MR) is 74.9 cm³/mol. The summed E-state index contributed by atoms with van der Waals surface area (Å²) in [6, 6.07) is 11.5. The van der Waals surface area contributed by atoms with Gasteiger partial charge in [0.15, 0.2) is 0 Å². The third-order valence-corrected chi connectivity index (χ3v) is 3.65. The normalized spacial score (nSPS) is 18.8. The molecular formula is C16H17NO3. The van der Waals surface area contributed by atoms with Crippen LogP contribution in [0.15, 0.2) is 42.6 Å². The van der Waals surface area contributed by atoms with E-state index in [9.17, 15) is 5.11 Å². The summed E-state index contributed by atoms with van der Waals surface area (Å²) >= 11 is 0. The largest absolute Gasteiger partial charge is 0.495 e. The van der Waals surface area contributed by atoms with Crippen LogP contribution in [0.25, 0.3) is 0 Å². The van der Waals surface area contributed by atoms with Crippen LogP contribution in [-0.4, -0.2) is 23.8 Å². The van der Waals surface area contributed by atoms with Crippen LogP contribution in [-0.2, 0) is 6.42 Å². The maximum atomic E-state index is 10.6. The molecule has 2 heterocycles. The fourth-order valence-corrected chi connectivity index (χ4v) is 2.58. The summed E-state index contributed by atoms with van der Waals surface area (Å²) < 4.78 is 11.0. The zero-order valence-electron chi connectivity index (χ0n) is 11.3. The van der Waals surface area contributed by atoms with Gasteiger partial charge in [0, 0.05) is 12.1 Å². The van der Waals surface area contributed by atoms with Crippen molar-refractivity contribution in [3.05, 3.63) is 53.9 Å². The minimum absolute atomic E-state index is 0.0197. The molecule has 0 radical (unpaired) electrons. The zero-order valence-corrected chi connectivity index (χ0v) is 11.3. The Hall–Kier alpha value is -2.07. The van der Waals surface area contributed by atoms with Gasteiger partial charge in [-0.25, -0.2) is 0 Å². The fourth-order valence-electron chi connectivity index (χ4n) is 2.58. The molecule has 0 bridgehead atoms. The average molecular weight is 271 g/mol. The Bertz CT molecular complexity index is 600. The first-order valence-electron chi connectivity index (χ1n) is 6.67. The Morgan fingerprint density at radius 3 is 3.00 bits per heavy atom. The second-order valence-electron chi connectivity index (χ2n) is 4.92. The van der Waals surface area contributed by atoms with E-state index < -0.39 is 6.10 Å². The summed E-state index contributed by atoms with van der Waals surface area (Å²) in [7, 11) is 1.58. The van der Waals surface area contributed by atoms with Crippen molar-refractivity contribution in [3.8, 4) is 11.5 Å². The number of aromatic nitrogens is 1. The maximum absolute atomic E-state index is 10.6. The minimum Gasteiger partial charge on any atom is -0.495 e. The number of para-hydroxylation sites is 1. The average Bonchev–Trinajstić information content (AvgIpc) is 2.53. The van der Waals surface area contributed by atoms with Crippen molar-refractivity contribution in [1.29, 1.82) is 0 Å². The monoisotopic (exact) mass is 271 g/mol. The van der Waals surface area contributed by atoms with Gasteiger partial charge in [-0.3, -0.25) is 4.98 Å². The van der Waals surface area contributed by atoms with Crippen LogP contribution >= 0.6 is 0 Å². The fraction of sp³-hybridized carbons (Fsp3) is 0.312. The van der Waals surface area contributed by atoms with Gasteiger partial charge < -0.3 is 14.6 Å². The summed E-state index contributed by atoms with van der Waals surface area (Å²) in [5.74, 6) is 1.50. The molecule has 0 saturated heterocycles. The van der Waals surface area contributed by atoms with Gasteiger partial charge in [-0.2, -0.15) is 0 Å². The number of methoxy groups -OCH3 is 1. The zero-order chi connectivity index (χ0) is 13.9. The molecule has 3 rings (SSSR count). The van der Waals surface area contributed by atoms with Gasteiger partial charge in [0.1, 0.15) is 23.3 Å². The molecule has 4 nitrogen and oxygen atoms in total. The van der Waals surface area contributed by atoms with E-state index in [4.69, 9.17) is 9.47 Å². The Morgan fingerprint density at radius 1 is 1.30 bits per heavy atom.